The molecule has 3 N–H and O–H groups in total. The zero-order valence-corrected chi connectivity index (χ0v) is 16.2. The van der Waals surface area contributed by atoms with Gasteiger partial charge in [0.05, 0.1) is 0 Å². The Morgan fingerprint density at radius 1 is 0.962 bits per heavy atom. The van der Waals surface area contributed by atoms with E-state index in [0.717, 1.165) is 37.7 Å². The standard InChI is InChI=1S/C22H32O4/c1-16(2)8-7-9-17(3)12-13-19-20(23)14-18(15-21(19)24)10-5-4-6-11-22(25)26/h8,12,14-15,23-24H,4-7,9-11,13H2,1-3H3,(H,25,26). The average molecular weight is 360 g/mol. The highest BCUT2D eigenvalue weighted by molar-refractivity contribution is 5.66. The van der Waals surface area contributed by atoms with Crippen molar-refractivity contribution in [3.05, 3.63) is 46.6 Å². The number of aryl methyl sites for hydroxylation is 1. The second-order valence-corrected chi connectivity index (χ2v) is 7.14. The van der Waals surface area contributed by atoms with Gasteiger partial charge in [0.25, 0.3) is 0 Å². The number of carbonyl (C=O) groups is 1. The molecule has 0 saturated heterocycles. The van der Waals surface area contributed by atoms with Gasteiger partial charge in [-0.15, -0.1) is 0 Å². The molecule has 0 radical (unpaired) electrons. The normalized spacial score (nSPS) is 11.4. The molecule has 0 aliphatic heterocycles. The number of phenols is 2. The van der Waals surface area contributed by atoms with E-state index >= 15 is 0 Å². The first-order valence-electron chi connectivity index (χ1n) is 9.34. The van der Waals surface area contributed by atoms with Crippen LogP contribution in [0.15, 0.2) is 35.4 Å². The number of aliphatic carboxylic acids is 1. The van der Waals surface area contributed by atoms with Crippen LogP contribution < -0.4 is 0 Å². The van der Waals surface area contributed by atoms with Crippen molar-refractivity contribution in [3.63, 3.8) is 0 Å². The van der Waals surface area contributed by atoms with Gasteiger partial charge in [-0.05, 0) is 77.0 Å². The molecule has 4 heteroatoms. The third-order valence-corrected chi connectivity index (χ3v) is 4.36. The summed E-state index contributed by atoms with van der Waals surface area (Å²) in [5, 5.41) is 29.1. The van der Waals surface area contributed by atoms with E-state index in [0.29, 0.717) is 18.4 Å². The smallest absolute Gasteiger partial charge is 0.303 e. The summed E-state index contributed by atoms with van der Waals surface area (Å²) in [6.07, 6.45) is 9.98. The zero-order chi connectivity index (χ0) is 19.5. The molecular weight excluding hydrogens is 328 g/mol. The Labute approximate surface area is 156 Å². The number of hydrogen-bond donors (Lipinski definition) is 3. The molecule has 1 aromatic carbocycles. The van der Waals surface area contributed by atoms with Gasteiger partial charge < -0.3 is 15.3 Å². The first kappa shape index (κ1) is 21.8. The van der Waals surface area contributed by atoms with Crippen LogP contribution in [0.1, 0.15) is 70.4 Å². The summed E-state index contributed by atoms with van der Waals surface area (Å²) in [6.45, 7) is 6.24. The number of aromatic hydroxyl groups is 2. The second kappa shape index (κ2) is 11.4. The summed E-state index contributed by atoms with van der Waals surface area (Å²) in [6, 6.07) is 3.41. The molecule has 0 aromatic heterocycles. The van der Waals surface area contributed by atoms with Crippen molar-refractivity contribution in [2.24, 2.45) is 0 Å². The molecule has 0 heterocycles. The Morgan fingerprint density at radius 2 is 1.62 bits per heavy atom. The van der Waals surface area contributed by atoms with Crippen LogP contribution in [0.2, 0.25) is 0 Å². The van der Waals surface area contributed by atoms with Gasteiger partial charge >= 0.3 is 5.97 Å². The van der Waals surface area contributed by atoms with Crippen LogP contribution in [0, 0.1) is 0 Å². The van der Waals surface area contributed by atoms with Crippen LogP contribution in [0.5, 0.6) is 11.5 Å². The van der Waals surface area contributed by atoms with E-state index in [2.05, 4.69) is 32.9 Å². The maximum absolute atomic E-state index is 10.5. The molecule has 0 aliphatic carbocycles. The van der Waals surface area contributed by atoms with E-state index < -0.39 is 5.97 Å². The SMILES string of the molecule is CC(C)=CCCC(C)=CCc1c(O)cc(CCCCCC(=O)O)cc1O. The Morgan fingerprint density at radius 3 is 2.19 bits per heavy atom. The lowest BCUT2D eigenvalue weighted by Crippen LogP contribution is -1.95. The van der Waals surface area contributed by atoms with Crippen molar-refractivity contribution >= 4 is 5.97 Å². The fourth-order valence-electron chi connectivity index (χ4n) is 2.80. The molecule has 0 bridgehead atoms. The maximum atomic E-state index is 10.5. The average Bonchev–Trinajstić information content (AvgIpc) is 2.53. The Kier molecular flexibility index (Phi) is 9.56. The van der Waals surface area contributed by atoms with Crippen LogP contribution >= 0.6 is 0 Å². The summed E-state index contributed by atoms with van der Waals surface area (Å²) >= 11 is 0. The number of hydrogen-bond acceptors (Lipinski definition) is 3. The highest BCUT2D eigenvalue weighted by atomic mass is 16.4. The molecular formula is C22H32O4. The van der Waals surface area contributed by atoms with Gasteiger partial charge in [0.1, 0.15) is 11.5 Å². The molecule has 0 spiro atoms. The molecule has 144 valence electrons. The predicted octanol–water partition coefficient (Wildman–Crippen LogP) is 5.52. The minimum absolute atomic E-state index is 0.124. The number of rotatable bonds is 11. The summed E-state index contributed by atoms with van der Waals surface area (Å²) < 4.78 is 0. The fraction of sp³-hybridized carbons (Fsp3) is 0.500. The maximum Gasteiger partial charge on any atom is 0.303 e. The minimum atomic E-state index is -0.770. The Hall–Kier alpha value is -2.23. The summed E-state index contributed by atoms with van der Waals surface area (Å²) in [5.41, 5.74) is 3.99. The number of unbranched alkanes of at least 4 members (excludes halogenated alkanes) is 2. The van der Waals surface area contributed by atoms with E-state index in [-0.39, 0.29) is 17.9 Å². The van der Waals surface area contributed by atoms with Crippen LogP contribution in [0.25, 0.3) is 0 Å². The van der Waals surface area contributed by atoms with Crippen LogP contribution in [-0.4, -0.2) is 21.3 Å². The van der Waals surface area contributed by atoms with E-state index in [4.69, 9.17) is 5.11 Å². The second-order valence-electron chi connectivity index (χ2n) is 7.14. The van der Waals surface area contributed by atoms with Gasteiger partial charge in [-0.3, -0.25) is 4.79 Å². The fourth-order valence-corrected chi connectivity index (χ4v) is 2.80. The Balaban J connectivity index is 2.57. The molecule has 1 rings (SSSR count). The van der Waals surface area contributed by atoms with Gasteiger partial charge in [-0.1, -0.05) is 29.7 Å². The molecule has 26 heavy (non-hydrogen) atoms. The number of allylic oxidation sites excluding steroid dienone is 4. The molecule has 0 atom stereocenters. The third-order valence-electron chi connectivity index (χ3n) is 4.36. The molecule has 1 aromatic rings. The van der Waals surface area contributed by atoms with Crippen LogP contribution in [0.4, 0.5) is 0 Å². The van der Waals surface area contributed by atoms with E-state index in [1.54, 1.807) is 12.1 Å². The van der Waals surface area contributed by atoms with Crippen molar-refractivity contribution in [1.82, 2.24) is 0 Å². The quantitative estimate of drug-likeness (QED) is 0.359. The molecule has 0 aliphatic rings. The monoisotopic (exact) mass is 360 g/mol. The number of phenolic OH excluding ortho intramolecular Hbond substituents is 2. The predicted molar refractivity (Wildman–Crippen MR) is 106 cm³/mol. The zero-order valence-electron chi connectivity index (χ0n) is 16.2. The van der Waals surface area contributed by atoms with Crippen molar-refractivity contribution in [2.45, 2.75) is 72.1 Å². The molecule has 0 amide bonds. The van der Waals surface area contributed by atoms with Gasteiger partial charge in [0, 0.05) is 12.0 Å². The highest BCUT2D eigenvalue weighted by Crippen LogP contribution is 2.30. The van der Waals surface area contributed by atoms with Crippen molar-refractivity contribution in [2.75, 3.05) is 0 Å². The molecule has 0 fully saturated rings. The number of carboxylic acid groups (broad SMARTS) is 1. The Bertz CT molecular complexity index is 629. The minimum Gasteiger partial charge on any atom is -0.508 e. The lowest BCUT2D eigenvalue weighted by Gasteiger charge is -2.09. The molecule has 4 nitrogen and oxygen atoms in total. The van der Waals surface area contributed by atoms with Gasteiger partial charge in [0.15, 0.2) is 0 Å². The van der Waals surface area contributed by atoms with Crippen molar-refractivity contribution in [3.8, 4) is 11.5 Å². The van der Waals surface area contributed by atoms with Crippen molar-refractivity contribution < 1.29 is 20.1 Å². The first-order valence-corrected chi connectivity index (χ1v) is 9.34. The van der Waals surface area contributed by atoms with Gasteiger partial charge in [0.2, 0.25) is 0 Å². The summed E-state index contributed by atoms with van der Waals surface area (Å²) in [7, 11) is 0. The highest BCUT2D eigenvalue weighted by Gasteiger charge is 2.09. The number of carboxylic acids is 1. The van der Waals surface area contributed by atoms with E-state index in [9.17, 15) is 15.0 Å². The molecule has 0 saturated carbocycles. The molecule has 0 unspecified atom stereocenters. The van der Waals surface area contributed by atoms with Crippen LogP contribution in [-0.2, 0) is 17.6 Å². The van der Waals surface area contributed by atoms with Crippen molar-refractivity contribution in [1.29, 1.82) is 0 Å². The van der Waals surface area contributed by atoms with Gasteiger partial charge in [-0.25, -0.2) is 0 Å². The lowest BCUT2D eigenvalue weighted by atomic mass is 10.00. The first-order chi connectivity index (χ1) is 12.3. The van der Waals surface area contributed by atoms with Gasteiger partial charge in [-0.2, -0.15) is 0 Å². The summed E-state index contributed by atoms with van der Waals surface area (Å²) in [5.74, 6) is -0.522. The van der Waals surface area contributed by atoms with E-state index in [1.165, 1.54) is 11.1 Å². The topological polar surface area (TPSA) is 77.8 Å². The van der Waals surface area contributed by atoms with E-state index in [1.807, 2.05) is 0 Å². The third kappa shape index (κ3) is 8.75. The number of benzene rings is 1. The summed E-state index contributed by atoms with van der Waals surface area (Å²) in [4.78, 5) is 10.5. The largest absolute Gasteiger partial charge is 0.508 e. The lowest BCUT2D eigenvalue weighted by molar-refractivity contribution is -0.137. The van der Waals surface area contributed by atoms with Crippen LogP contribution in [0.3, 0.4) is 0 Å².